The van der Waals surface area contributed by atoms with Gasteiger partial charge in [0, 0.05) is 31.6 Å². The van der Waals surface area contributed by atoms with Crippen LogP contribution in [-0.4, -0.2) is 54.5 Å². The number of fused-ring (bicyclic) bond motifs is 1. The topological polar surface area (TPSA) is 49.6 Å². The van der Waals surface area contributed by atoms with Crippen molar-refractivity contribution in [1.82, 2.24) is 9.80 Å². The summed E-state index contributed by atoms with van der Waals surface area (Å²) in [4.78, 5) is 17.3. The summed E-state index contributed by atoms with van der Waals surface area (Å²) in [5, 5.41) is 0. The van der Waals surface area contributed by atoms with E-state index >= 15 is 0 Å². The van der Waals surface area contributed by atoms with Gasteiger partial charge in [-0.25, -0.2) is 0 Å². The van der Waals surface area contributed by atoms with Crippen LogP contribution in [0.25, 0.3) is 0 Å². The van der Waals surface area contributed by atoms with Gasteiger partial charge in [-0.15, -0.1) is 24.8 Å². The number of carbonyl (C=O) groups is 1. The molecule has 2 N–H and O–H groups in total. The fourth-order valence-electron chi connectivity index (χ4n) is 4.07. The standard InChI is InChI=1S/C14H25N3O.2ClH/c15-9-11-3-1-5-13(11)14(18)17-8-7-16-6-2-4-12(16)10-17;;/h11-13H,1-10,15H2;2*1H/t11-,12?,13-;;/m1../s1. The van der Waals surface area contributed by atoms with Crippen molar-refractivity contribution in [1.29, 1.82) is 0 Å². The van der Waals surface area contributed by atoms with Crippen molar-refractivity contribution in [2.75, 3.05) is 32.7 Å². The lowest BCUT2D eigenvalue weighted by atomic mass is 9.94. The molecule has 4 nitrogen and oxygen atoms in total. The van der Waals surface area contributed by atoms with Crippen molar-refractivity contribution >= 4 is 30.7 Å². The first-order chi connectivity index (χ1) is 8.79. The third-order valence-electron chi connectivity index (χ3n) is 5.18. The van der Waals surface area contributed by atoms with Crippen molar-refractivity contribution in [2.45, 2.75) is 38.1 Å². The molecule has 118 valence electrons. The lowest BCUT2D eigenvalue weighted by Gasteiger charge is -2.39. The van der Waals surface area contributed by atoms with E-state index in [-0.39, 0.29) is 30.7 Å². The molecule has 3 rings (SSSR count). The maximum absolute atomic E-state index is 12.6. The highest BCUT2D eigenvalue weighted by Crippen LogP contribution is 2.33. The molecule has 0 spiro atoms. The molecular formula is C14H27Cl2N3O. The second-order valence-corrected chi connectivity index (χ2v) is 6.15. The summed E-state index contributed by atoms with van der Waals surface area (Å²) in [5.74, 6) is 1.07. The molecule has 20 heavy (non-hydrogen) atoms. The monoisotopic (exact) mass is 323 g/mol. The molecule has 1 aliphatic carbocycles. The van der Waals surface area contributed by atoms with E-state index in [9.17, 15) is 4.79 Å². The van der Waals surface area contributed by atoms with Gasteiger partial charge in [-0.05, 0) is 44.7 Å². The maximum Gasteiger partial charge on any atom is 0.226 e. The van der Waals surface area contributed by atoms with E-state index in [4.69, 9.17) is 5.73 Å². The summed E-state index contributed by atoms with van der Waals surface area (Å²) < 4.78 is 0. The van der Waals surface area contributed by atoms with Gasteiger partial charge in [-0.3, -0.25) is 9.69 Å². The zero-order valence-electron chi connectivity index (χ0n) is 12.0. The Bertz CT molecular complexity index is 330. The summed E-state index contributed by atoms with van der Waals surface area (Å²) in [5.41, 5.74) is 5.80. The van der Waals surface area contributed by atoms with Crippen LogP contribution in [0.3, 0.4) is 0 Å². The number of hydrogen-bond acceptors (Lipinski definition) is 3. The minimum Gasteiger partial charge on any atom is -0.340 e. The summed E-state index contributed by atoms with van der Waals surface area (Å²) >= 11 is 0. The van der Waals surface area contributed by atoms with Gasteiger partial charge >= 0.3 is 0 Å². The van der Waals surface area contributed by atoms with Crippen molar-refractivity contribution in [2.24, 2.45) is 17.6 Å². The van der Waals surface area contributed by atoms with Gasteiger partial charge in [0.15, 0.2) is 0 Å². The van der Waals surface area contributed by atoms with Gasteiger partial charge in [0.25, 0.3) is 0 Å². The molecule has 2 heterocycles. The number of nitrogens with two attached hydrogens (primary N) is 1. The highest BCUT2D eigenvalue weighted by atomic mass is 35.5. The molecule has 0 radical (unpaired) electrons. The molecule has 1 unspecified atom stereocenters. The highest BCUT2D eigenvalue weighted by molar-refractivity contribution is 5.85. The number of carbonyl (C=O) groups excluding carboxylic acids is 1. The fraction of sp³-hybridized carbons (Fsp3) is 0.929. The van der Waals surface area contributed by atoms with Crippen molar-refractivity contribution < 1.29 is 4.79 Å². The van der Waals surface area contributed by atoms with Gasteiger partial charge in [0.2, 0.25) is 5.91 Å². The Morgan fingerprint density at radius 2 is 1.85 bits per heavy atom. The Balaban J connectivity index is 0.000001000. The third kappa shape index (κ3) is 3.41. The summed E-state index contributed by atoms with van der Waals surface area (Å²) in [6.45, 7) is 4.90. The van der Waals surface area contributed by atoms with Crippen molar-refractivity contribution in [3.63, 3.8) is 0 Å². The zero-order valence-corrected chi connectivity index (χ0v) is 13.6. The summed E-state index contributed by atoms with van der Waals surface area (Å²) in [7, 11) is 0. The molecule has 3 atom stereocenters. The fourth-order valence-corrected chi connectivity index (χ4v) is 4.07. The molecule has 3 fully saturated rings. The second kappa shape index (κ2) is 7.83. The number of rotatable bonds is 2. The number of amides is 1. The summed E-state index contributed by atoms with van der Waals surface area (Å²) in [6.07, 6.45) is 5.97. The van der Waals surface area contributed by atoms with Crippen LogP contribution in [0.2, 0.25) is 0 Å². The Hall–Kier alpha value is -0.0300. The quantitative estimate of drug-likeness (QED) is 0.838. The first kappa shape index (κ1) is 18.0. The van der Waals surface area contributed by atoms with Gasteiger partial charge < -0.3 is 10.6 Å². The van der Waals surface area contributed by atoms with Crippen LogP contribution >= 0.6 is 24.8 Å². The van der Waals surface area contributed by atoms with E-state index < -0.39 is 0 Å². The molecule has 6 heteroatoms. The van der Waals surface area contributed by atoms with Crippen LogP contribution in [0, 0.1) is 11.8 Å². The minimum absolute atomic E-state index is 0. The Morgan fingerprint density at radius 1 is 1.05 bits per heavy atom. The van der Waals surface area contributed by atoms with E-state index in [0.717, 1.165) is 32.5 Å². The predicted octanol–water partition coefficient (Wildman–Crippen LogP) is 1.51. The van der Waals surface area contributed by atoms with E-state index in [1.54, 1.807) is 0 Å². The third-order valence-corrected chi connectivity index (χ3v) is 5.18. The Morgan fingerprint density at radius 3 is 2.60 bits per heavy atom. The molecule has 0 bridgehead atoms. The molecule has 1 amide bonds. The van der Waals surface area contributed by atoms with E-state index in [2.05, 4.69) is 9.80 Å². The SMILES string of the molecule is Cl.Cl.NC[C@H]1CCC[C@H]1C(=O)N1CCN2CCCC2C1. The van der Waals surface area contributed by atoms with E-state index in [1.165, 1.54) is 25.8 Å². The van der Waals surface area contributed by atoms with Crippen LogP contribution in [0.15, 0.2) is 0 Å². The smallest absolute Gasteiger partial charge is 0.226 e. The van der Waals surface area contributed by atoms with Gasteiger partial charge in [-0.2, -0.15) is 0 Å². The van der Waals surface area contributed by atoms with Gasteiger partial charge in [-0.1, -0.05) is 6.42 Å². The van der Waals surface area contributed by atoms with Crippen LogP contribution in [0.5, 0.6) is 0 Å². The van der Waals surface area contributed by atoms with Crippen molar-refractivity contribution in [3.8, 4) is 0 Å². The molecular weight excluding hydrogens is 297 g/mol. The van der Waals surface area contributed by atoms with Crippen LogP contribution < -0.4 is 5.73 Å². The first-order valence-corrected chi connectivity index (χ1v) is 7.52. The predicted molar refractivity (Wildman–Crippen MR) is 85.6 cm³/mol. The lowest BCUT2D eigenvalue weighted by molar-refractivity contribution is -0.139. The number of piperazine rings is 1. The summed E-state index contributed by atoms with van der Waals surface area (Å²) in [6, 6.07) is 0.639. The lowest BCUT2D eigenvalue weighted by Crippen LogP contribution is -2.53. The highest BCUT2D eigenvalue weighted by Gasteiger charge is 2.38. The molecule has 0 aromatic heterocycles. The van der Waals surface area contributed by atoms with Crippen LogP contribution in [0.4, 0.5) is 0 Å². The zero-order chi connectivity index (χ0) is 12.5. The van der Waals surface area contributed by atoms with Gasteiger partial charge in [0.05, 0.1) is 0 Å². The maximum atomic E-state index is 12.6. The van der Waals surface area contributed by atoms with E-state index in [1.807, 2.05) is 0 Å². The normalized spacial score (nSPS) is 33.2. The minimum atomic E-state index is 0. The molecule has 2 saturated heterocycles. The average Bonchev–Trinajstić information content (AvgIpc) is 3.05. The Kier molecular flexibility index (Phi) is 7.06. The Labute approximate surface area is 134 Å². The number of hydrogen-bond donors (Lipinski definition) is 1. The molecule has 2 aliphatic heterocycles. The molecule has 1 saturated carbocycles. The van der Waals surface area contributed by atoms with Crippen LogP contribution in [0.1, 0.15) is 32.1 Å². The average molecular weight is 324 g/mol. The molecule has 0 aromatic rings. The largest absolute Gasteiger partial charge is 0.340 e. The van der Waals surface area contributed by atoms with Crippen molar-refractivity contribution in [3.05, 3.63) is 0 Å². The van der Waals surface area contributed by atoms with Crippen LogP contribution in [-0.2, 0) is 4.79 Å². The first-order valence-electron chi connectivity index (χ1n) is 7.52. The molecule has 0 aromatic carbocycles. The van der Waals surface area contributed by atoms with E-state index in [0.29, 0.717) is 24.4 Å². The number of halogens is 2. The van der Waals surface area contributed by atoms with Gasteiger partial charge in [0.1, 0.15) is 0 Å². The molecule has 3 aliphatic rings. The number of nitrogens with zero attached hydrogens (tertiary/aromatic N) is 2. The second-order valence-electron chi connectivity index (χ2n) is 6.15.